The maximum Gasteiger partial charge on any atom is 0.298 e. The molecule has 2 aliphatic heterocycles. The standard InChI is InChI=1S/C30H31N7O6S/c1-3-27(38)36-18-22-16-32-37(23(22)19-36)17-21-14-20(2)29-25(15-21)43-33-30(29)34-44(40,41)26-7-5-4-6-24(26)42-13-8-28(39)35-11-9-31-10-12-35/h1,4-7,14-16,31H,8-13,17-19H2,2H3,(H,33,34). The van der Waals surface area contributed by atoms with E-state index in [0.29, 0.717) is 43.7 Å². The molecule has 1 fully saturated rings. The molecule has 6 rings (SSSR count). The van der Waals surface area contributed by atoms with Crippen molar-refractivity contribution in [3.8, 4) is 18.1 Å². The molecule has 0 saturated carbocycles. The second-order valence-corrected chi connectivity index (χ2v) is 12.3. The van der Waals surface area contributed by atoms with Gasteiger partial charge in [0.1, 0.15) is 10.6 Å². The molecule has 2 amide bonds. The summed E-state index contributed by atoms with van der Waals surface area (Å²) < 4.78 is 42.7. The van der Waals surface area contributed by atoms with Crippen LogP contribution in [0, 0.1) is 19.3 Å². The van der Waals surface area contributed by atoms with E-state index in [1.165, 1.54) is 6.07 Å². The fourth-order valence-electron chi connectivity index (χ4n) is 5.55. The number of aromatic nitrogens is 3. The number of aryl methyl sites for hydroxylation is 1. The Morgan fingerprint density at radius 2 is 1.95 bits per heavy atom. The van der Waals surface area contributed by atoms with Gasteiger partial charge in [-0.1, -0.05) is 23.4 Å². The summed E-state index contributed by atoms with van der Waals surface area (Å²) in [4.78, 5) is 27.7. The van der Waals surface area contributed by atoms with E-state index in [0.717, 1.165) is 35.5 Å². The topological polar surface area (TPSA) is 152 Å². The number of hydrogen-bond acceptors (Lipinski definition) is 9. The van der Waals surface area contributed by atoms with Gasteiger partial charge in [0, 0.05) is 31.7 Å². The minimum Gasteiger partial charge on any atom is -0.492 e. The van der Waals surface area contributed by atoms with Crippen LogP contribution >= 0.6 is 0 Å². The van der Waals surface area contributed by atoms with Crippen molar-refractivity contribution in [2.45, 2.75) is 37.9 Å². The molecule has 0 spiro atoms. The first-order valence-corrected chi connectivity index (χ1v) is 15.6. The van der Waals surface area contributed by atoms with Crippen LogP contribution in [0.3, 0.4) is 0 Å². The molecule has 0 atom stereocenters. The SMILES string of the molecule is C#CC(=O)N1Cc2cnn(Cc3cc(C)c4c(NS(=O)(=O)c5ccccc5OCCC(=O)N5CCNCC5)noc4c3)c2C1. The van der Waals surface area contributed by atoms with E-state index >= 15 is 0 Å². The van der Waals surface area contributed by atoms with E-state index in [4.69, 9.17) is 15.7 Å². The van der Waals surface area contributed by atoms with Crippen LogP contribution in [0.1, 0.15) is 28.8 Å². The van der Waals surface area contributed by atoms with Crippen LogP contribution in [0.15, 0.2) is 52.0 Å². The van der Waals surface area contributed by atoms with Crippen LogP contribution in [-0.2, 0) is 39.2 Å². The van der Waals surface area contributed by atoms with E-state index in [9.17, 15) is 18.0 Å². The highest BCUT2D eigenvalue weighted by molar-refractivity contribution is 7.92. The van der Waals surface area contributed by atoms with Crippen molar-refractivity contribution in [1.29, 1.82) is 0 Å². The Kier molecular flexibility index (Phi) is 7.98. The molecule has 0 unspecified atom stereocenters. The Labute approximate surface area is 254 Å². The van der Waals surface area contributed by atoms with Gasteiger partial charge in [0.05, 0.1) is 49.9 Å². The molecule has 14 heteroatoms. The number of nitrogens with one attached hydrogen (secondary N) is 2. The van der Waals surface area contributed by atoms with Crippen molar-refractivity contribution in [1.82, 2.24) is 30.1 Å². The third-order valence-electron chi connectivity index (χ3n) is 7.72. The van der Waals surface area contributed by atoms with Gasteiger partial charge < -0.3 is 24.4 Å². The summed E-state index contributed by atoms with van der Waals surface area (Å²) >= 11 is 0. The molecular weight excluding hydrogens is 586 g/mol. The van der Waals surface area contributed by atoms with Gasteiger partial charge in [0.2, 0.25) is 5.91 Å². The van der Waals surface area contributed by atoms with Gasteiger partial charge in [0.25, 0.3) is 15.9 Å². The average Bonchev–Trinajstić information content (AvgIpc) is 3.73. The highest BCUT2D eigenvalue weighted by Crippen LogP contribution is 2.32. The van der Waals surface area contributed by atoms with Gasteiger partial charge in [0.15, 0.2) is 11.4 Å². The Bertz CT molecular complexity index is 1880. The lowest BCUT2D eigenvalue weighted by Crippen LogP contribution is -2.46. The number of nitrogens with zero attached hydrogens (tertiary/aromatic N) is 5. The minimum absolute atomic E-state index is 0.0354. The van der Waals surface area contributed by atoms with E-state index in [-0.39, 0.29) is 41.3 Å². The number of amides is 2. The van der Waals surface area contributed by atoms with E-state index in [1.54, 1.807) is 40.3 Å². The number of ether oxygens (including phenoxy) is 1. The maximum absolute atomic E-state index is 13.5. The zero-order valence-electron chi connectivity index (χ0n) is 24.1. The average molecular weight is 618 g/mol. The first-order chi connectivity index (χ1) is 21.2. The van der Waals surface area contributed by atoms with Crippen molar-refractivity contribution in [3.63, 3.8) is 0 Å². The van der Waals surface area contributed by atoms with Gasteiger partial charge >= 0.3 is 0 Å². The lowest BCUT2D eigenvalue weighted by Gasteiger charge is -2.27. The molecular formula is C30H31N7O6S. The second-order valence-electron chi connectivity index (χ2n) is 10.7. The lowest BCUT2D eigenvalue weighted by atomic mass is 10.1. The van der Waals surface area contributed by atoms with Gasteiger partial charge in [-0.25, -0.2) is 8.42 Å². The van der Waals surface area contributed by atoms with Crippen LogP contribution < -0.4 is 14.8 Å². The first kappa shape index (κ1) is 29.2. The summed E-state index contributed by atoms with van der Waals surface area (Å²) in [5.41, 5.74) is 3.87. The monoisotopic (exact) mass is 617 g/mol. The molecule has 4 aromatic rings. The third-order valence-corrected chi connectivity index (χ3v) is 9.10. The number of fused-ring (bicyclic) bond motifs is 2. The number of para-hydroxylation sites is 1. The number of terminal acetylenes is 1. The number of hydrogen-bond donors (Lipinski definition) is 2. The Balaban J connectivity index is 1.16. The molecule has 2 N–H and O–H groups in total. The molecule has 2 aromatic heterocycles. The van der Waals surface area contributed by atoms with E-state index < -0.39 is 10.0 Å². The summed E-state index contributed by atoms with van der Waals surface area (Å²) in [6.07, 6.45) is 7.15. The summed E-state index contributed by atoms with van der Waals surface area (Å²) in [7, 11) is -4.13. The minimum atomic E-state index is -4.13. The normalized spacial score (nSPS) is 14.8. The Morgan fingerprint density at radius 3 is 2.75 bits per heavy atom. The lowest BCUT2D eigenvalue weighted by molar-refractivity contribution is -0.132. The summed E-state index contributed by atoms with van der Waals surface area (Å²) in [6.45, 7) is 5.87. The zero-order chi connectivity index (χ0) is 30.8. The number of sulfonamides is 1. The Hall–Kier alpha value is -4.87. The molecule has 13 nitrogen and oxygen atoms in total. The summed E-state index contributed by atoms with van der Waals surface area (Å²) in [5.74, 6) is 1.94. The number of rotatable bonds is 9. The second kappa shape index (κ2) is 12.0. The van der Waals surface area contributed by atoms with Crippen molar-refractivity contribution >= 4 is 38.6 Å². The van der Waals surface area contributed by atoms with Crippen LogP contribution in [0.4, 0.5) is 5.82 Å². The van der Waals surface area contributed by atoms with Crippen molar-refractivity contribution in [2.75, 3.05) is 37.5 Å². The van der Waals surface area contributed by atoms with Gasteiger partial charge in [-0.15, -0.1) is 6.42 Å². The smallest absolute Gasteiger partial charge is 0.298 e. The van der Waals surface area contributed by atoms with Crippen LogP contribution in [0.2, 0.25) is 0 Å². The molecule has 44 heavy (non-hydrogen) atoms. The Morgan fingerprint density at radius 1 is 1.16 bits per heavy atom. The molecule has 4 heterocycles. The van der Waals surface area contributed by atoms with Gasteiger partial charge in [-0.3, -0.25) is 19.0 Å². The molecule has 2 aromatic carbocycles. The fourth-order valence-corrected chi connectivity index (χ4v) is 6.70. The van der Waals surface area contributed by atoms with E-state index in [1.807, 2.05) is 17.7 Å². The molecule has 0 bridgehead atoms. The van der Waals surface area contributed by atoms with Gasteiger partial charge in [-0.2, -0.15) is 5.10 Å². The number of carbonyl (C=O) groups excluding carboxylic acids is 2. The molecule has 1 saturated heterocycles. The van der Waals surface area contributed by atoms with Crippen LogP contribution in [0.25, 0.3) is 11.0 Å². The molecule has 228 valence electrons. The third kappa shape index (κ3) is 5.84. The maximum atomic E-state index is 13.5. The number of piperazine rings is 1. The number of benzene rings is 2. The molecule has 2 aliphatic rings. The summed E-state index contributed by atoms with van der Waals surface area (Å²) in [6, 6.07) is 9.95. The molecule has 0 radical (unpaired) electrons. The molecule has 0 aliphatic carbocycles. The first-order valence-electron chi connectivity index (χ1n) is 14.1. The van der Waals surface area contributed by atoms with Crippen LogP contribution in [-0.4, -0.2) is 77.8 Å². The quantitative estimate of drug-likeness (QED) is 0.268. The van der Waals surface area contributed by atoms with Crippen molar-refractivity contribution in [2.24, 2.45) is 0 Å². The predicted molar refractivity (Wildman–Crippen MR) is 160 cm³/mol. The van der Waals surface area contributed by atoms with Crippen LogP contribution in [0.5, 0.6) is 5.75 Å². The number of anilines is 1. The van der Waals surface area contributed by atoms with E-state index in [2.05, 4.69) is 26.2 Å². The summed E-state index contributed by atoms with van der Waals surface area (Å²) in [5, 5.41) is 12.2. The zero-order valence-corrected chi connectivity index (χ0v) is 24.9. The highest BCUT2D eigenvalue weighted by atomic mass is 32.2. The largest absolute Gasteiger partial charge is 0.492 e. The number of carbonyl (C=O) groups is 2. The van der Waals surface area contributed by atoms with Crippen molar-refractivity contribution in [3.05, 3.63) is 65.0 Å². The predicted octanol–water partition coefficient (Wildman–Crippen LogP) is 1.86. The van der Waals surface area contributed by atoms with Gasteiger partial charge in [-0.05, 0) is 42.2 Å². The fraction of sp³-hybridized carbons (Fsp3) is 0.333. The van der Waals surface area contributed by atoms with Crippen molar-refractivity contribution < 1.29 is 27.3 Å². The highest BCUT2D eigenvalue weighted by Gasteiger charge is 2.27.